The minimum Gasteiger partial charge on any atom is -0.444 e. The number of carbonyl (C=O) groups is 2. The van der Waals surface area contributed by atoms with Crippen LogP contribution in [0.4, 0.5) is 4.79 Å². The van der Waals surface area contributed by atoms with Gasteiger partial charge in [0.1, 0.15) is 11.1 Å². The standard InChI is InChI=1S/C19H27N3O3/c1-18(2,3)25-17(24)22-11-9-21(10-12-22)16(23)19(20)13-15(19)14-7-5-4-6-8-14/h4-8,15H,9-13,20H2,1-3H3. The Morgan fingerprint density at radius 1 is 1.08 bits per heavy atom. The zero-order valence-electron chi connectivity index (χ0n) is 15.2. The van der Waals surface area contributed by atoms with Crippen molar-refractivity contribution in [2.75, 3.05) is 26.2 Å². The molecule has 0 spiro atoms. The summed E-state index contributed by atoms with van der Waals surface area (Å²) in [5.74, 6) is 0.0790. The Bertz CT molecular complexity index is 648. The number of piperazine rings is 1. The average Bonchev–Trinajstić information content (AvgIpc) is 3.27. The Labute approximate surface area is 148 Å². The van der Waals surface area contributed by atoms with Crippen LogP contribution in [0, 0.1) is 0 Å². The smallest absolute Gasteiger partial charge is 0.410 e. The molecule has 0 bridgehead atoms. The second-order valence-electron chi connectivity index (χ2n) is 7.97. The third-order valence-corrected chi connectivity index (χ3v) is 4.82. The summed E-state index contributed by atoms with van der Waals surface area (Å²) < 4.78 is 5.39. The molecule has 2 N–H and O–H groups in total. The molecular formula is C19H27N3O3. The molecule has 1 aromatic rings. The van der Waals surface area contributed by atoms with Crippen LogP contribution in [0.5, 0.6) is 0 Å². The van der Waals surface area contributed by atoms with E-state index < -0.39 is 11.1 Å². The normalized spacial score (nSPS) is 26.3. The molecular weight excluding hydrogens is 318 g/mol. The molecule has 1 saturated heterocycles. The number of ether oxygens (including phenoxy) is 1. The largest absolute Gasteiger partial charge is 0.444 e. The van der Waals surface area contributed by atoms with Gasteiger partial charge in [0, 0.05) is 32.1 Å². The first-order chi connectivity index (χ1) is 11.7. The molecule has 2 aliphatic rings. The first kappa shape index (κ1) is 17.7. The number of nitrogens with zero attached hydrogens (tertiary/aromatic N) is 2. The molecule has 2 amide bonds. The molecule has 1 aromatic carbocycles. The third-order valence-electron chi connectivity index (χ3n) is 4.82. The molecule has 2 fully saturated rings. The van der Waals surface area contributed by atoms with E-state index in [2.05, 4.69) is 0 Å². The summed E-state index contributed by atoms with van der Waals surface area (Å²) in [6, 6.07) is 9.94. The Balaban J connectivity index is 1.55. The van der Waals surface area contributed by atoms with E-state index in [1.54, 1.807) is 9.80 Å². The Hall–Kier alpha value is -2.08. The highest BCUT2D eigenvalue weighted by molar-refractivity contribution is 5.91. The summed E-state index contributed by atoms with van der Waals surface area (Å²) in [4.78, 5) is 28.4. The van der Waals surface area contributed by atoms with Crippen molar-refractivity contribution in [3.05, 3.63) is 35.9 Å². The van der Waals surface area contributed by atoms with Gasteiger partial charge in [-0.3, -0.25) is 4.79 Å². The number of benzene rings is 1. The van der Waals surface area contributed by atoms with E-state index in [0.29, 0.717) is 32.6 Å². The quantitative estimate of drug-likeness (QED) is 0.889. The highest BCUT2D eigenvalue weighted by Crippen LogP contribution is 2.50. The first-order valence-electron chi connectivity index (χ1n) is 8.82. The zero-order chi connectivity index (χ0) is 18.2. The van der Waals surface area contributed by atoms with E-state index in [1.807, 2.05) is 51.1 Å². The highest BCUT2D eigenvalue weighted by atomic mass is 16.6. The number of carbonyl (C=O) groups excluding carboxylic acids is 2. The van der Waals surface area contributed by atoms with Gasteiger partial charge >= 0.3 is 6.09 Å². The first-order valence-corrected chi connectivity index (χ1v) is 8.82. The minimum atomic E-state index is -0.796. The topological polar surface area (TPSA) is 75.9 Å². The van der Waals surface area contributed by atoms with Crippen molar-refractivity contribution >= 4 is 12.0 Å². The molecule has 6 nitrogen and oxygen atoms in total. The number of rotatable bonds is 2. The molecule has 0 aromatic heterocycles. The fourth-order valence-corrected chi connectivity index (χ4v) is 3.33. The van der Waals surface area contributed by atoms with Crippen molar-refractivity contribution in [1.29, 1.82) is 0 Å². The molecule has 3 rings (SSSR count). The van der Waals surface area contributed by atoms with Gasteiger partial charge in [-0.15, -0.1) is 0 Å². The van der Waals surface area contributed by atoms with Crippen LogP contribution in [-0.2, 0) is 9.53 Å². The molecule has 2 atom stereocenters. The van der Waals surface area contributed by atoms with Gasteiger partial charge in [0.25, 0.3) is 0 Å². The molecule has 1 aliphatic carbocycles. The van der Waals surface area contributed by atoms with E-state index in [1.165, 1.54) is 0 Å². The lowest BCUT2D eigenvalue weighted by Gasteiger charge is -2.36. The van der Waals surface area contributed by atoms with Gasteiger partial charge < -0.3 is 20.3 Å². The van der Waals surface area contributed by atoms with Crippen molar-refractivity contribution in [3.63, 3.8) is 0 Å². The summed E-state index contributed by atoms with van der Waals surface area (Å²) in [5, 5.41) is 0. The Morgan fingerprint density at radius 3 is 2.20 bits per heavy atom. The van der Waals surface area contributed by atoms with Gasteiger partial charge in [0.15, 0.2) is 0 Å². The van der Waals surface area contributed by atoms with Crippen LogP contribution in [0.2, 0.25) is 0 Å². The van der Waals surface area contributed by atoms with Gasteiger partial charge in [-0.1, -0.05) is 30.3 Å². The summed E-state index contributed by atoms with van der Waals surface area (Å²) in [6.07, 6.45) is 0.359. The maximum absolute atomic E-state index is 12.8. The number of nitrogens with two attached hydrogens (primary N) is 1. The van der Waals surface area contributed by atoms with Crippen LogP contribution < -0.4 is 5.73 Å². The van der Waals surface area contributed by atoms with Gasteiger partial charge in [-0.25, -0.2) is 4.79 Å². The van der Waals surface area contributed by atoms with Crippen LogP contribution in [0.3, 0.4) is 0 Å². The lowest BCUT2D eigenvalue weighted by Crippen LogP contribution is -2.56. The fraction of sp³-hybridized carbons (Fsp3) is 0.579. The highest BCUT2D eigenvalue weighted by Gasteiger charge is 2.59. The molecule has 2 unspecified atom stereocenters. The van der Waals surface area contributed by atoms with Crippen LogP contribution >= 0.6 is 0 Å². The summed E-state index contributed by atoms with van der Waals surface area (Å²) in [6.45, 7) is 7.50. The molecule has 1 aliphatic heterocycles. The fourth-order valence-electron chi connectivity index (χ4n) is 3.33. The van der Waals surface area contributed by atoms with E-state index in [9.17, 15) is 9.59 Å². The minimum absolute atomic E-state index is 0.00908. The molecule has 1 heterocycles. The van der Waals surface area contributed by atoms with Crippen molar-refractivity contribution < 1.29 is 14.3 Å². The number of hydrogen-bond donors (Lipinski definition) is 1. The van der Waals surface area contributed by atoms with E-state index in [0.717, 1.165) is 5.56 Å². The number of hydrogen-bond acceptors (Lipinski definition) is 4. The van der Waals surface area contributed by atoms with Gasteiger partial charge in [-0.2, -0.15) is 0 Å². The van der Waals surface area contributed by atoms with Crippen LogP contribution in [0.1, 0.15) is 38.7 Å². The SMILES string of the molecule is CC(C)(C)OC(=O)N1CCN(C(=O)C2(N)CC2c2ccccc2)CC1. The number of amides is 2. The lowest BCUT2D eigenvalue weighted by atomic mass is 10.1. The average molecular weight is 345 g/mol. The van der Waals surface area contributed by atoms with E-state index in [-0.39, 0.29) is 17.9 Å². The van der Waals surface area contributed by atoms with Crippen LogP contribution in [-0.4, -0.2) is 59.1 Å². The zero-order valence-corrected chi connectivity index (χ0v) is 15.2. The third kappa shape index (κ3) is 3.79. The van der Waals surface area contributed by atoms with Crippen molar-refractivity contribution in [3.8, 4) is 0 Å². The molecule has 136 valence electrons. The Morgan fingerprint density at radius 2 is 1.64 bits per heavy atom. The van der Waals surface area contributed by atoms with E-state index in [4.69, 9.17) is 10.5 Å². The predicted octanol–water partition coefficient (Wildman–Crippen LogP) is 1.95. The van der Waals surface area contributed by atoms with Crippen LogP contribution in [0.25, 0.3) is 0 Å². The van der Waals surface area contributed by atoms with Crippen LogP contribution in [0.15, 0.2) is 30.3 Å². The maximum atomic E-state index is 12.8. The molecule has 0 radical (unpaired) electrons. The molecule has 25 heavy (non-hydrogen) atoms. The van der Waals surface area contributed by atoms with Gasteiger partial charge in [0.2, 0.25) is 5.91 Å². The second-order valence-corrected chi connectivity index (χ2v) is 7.97. The van der Waals surface area contributed by atoms with Crippen molar-refractivity contribution in [1.82, 2.24) is 9.80 Å². The monoisotopic (exact) mass is 345 g/mol. The summed E-state index contributed by atoms with van der Waals surface area (Å²) in [5.41, 5.74) is 6.19. The van der Waals surface area contributed by atoms with Crippen molar-refractivity contribution in [2.45, 2.75) is 44.2 Å². The van der Waals surface area contributed by atoms with Crippen molar-refractivity contribution in [2.24, 2.45) is 5.73 Å². The van der Waals surface area contributed by atoms with Gasteiger partial charge in [0.05, 0.1) is 0 Å². The molecule has 1 saturated carbocycles. The molecule has 6 heteroatoms. The Kier molecular flexibility index (Phi) is 4.49. The predicted molar refractivity (Wildman–Crippen MR) is 95.1 cm³/mol. The summed E-state index contributed by atoms with van der Waals surface area (Å²) >= 11 is 0. The van der Waals surface area contributed by atoms with E-state index >= 15 is 0 Å². The summed E-state index contributed by atoms with van der Waals surface area (Å²) in [7, 11) is 0. The van der Waals surface area contributed by atoms with Gasteiger partial charge in [-0.05, 0) is 32.8 Å². The lowest BCUT2D eigenvalue weighted by molar-refractivity contribution is -0.135. The second kappa shape index (κ2) is 6.33. The maximum Gasteiger partial charge on any atom is 0.410 e.